The van der Waals surface area contributed by atoms with Crippen molar-refractivity contribution in [3.8, 4) is 0 Å². The molecule has 0 aliphatic heterocycles. The first kappa shape index (κ1) is 10.4. The number of hydrogen-bond donors (Lipinski definition) is 0. The van der Waals surface area contributed by atoms with Gasteiger partial charge in [-0.15, -0.1) is 5.10 Å². The molecule has 0 atom stereocenters. The second-order valence-electron chi connectivity index (χ2n) is 4.34. The van der Waals surface area contributed by atoms with Gasteiger partial charge in [0.15, 0.2) is 5.82 Å². The zero-order valence-corrected chi connectivity index (χ0v) is 9.89. The van der Waals surface area contributed by atoms with E-state index in [0.717, 1.165) is 36.5 Å². The number of tetrazole rings is 1. The van der Waals surface area contributed by atoms with Gasteiger partial charge in [-0.3, -0.25) is 0 Å². The van der Waals surface area contributed by atoms with Gasteiger partial charge in [0.2, 0.25) is 0 Å². The van der Waals surface area contributed by atoms with Gasteiger partial charge in [-0.05, 0) is 29.7 Å². The van der Waals surface area contributed by atoms with E-state index >= 15 is 0 Å². The molecule has 2 aromatic heterocycles. The second kappa shape index (κ2) is 4.27. The zero-order chi connectivity index (χ0) is 11.7. The Labute approximate surface area is 99.0 Å². The summed E-state index contributed by atoms with van der Waals surface area (Å²) in [6.07, 6.45) is 5.33. The minimum absolute atomic E-state index is 0.620. The number of aryl methyl sites for hydroxylation is 2. The molecule has 0 saturated carbocycles. The fourth-order valence-electron chi connectivity index (χ4n) is 2.31. The van der Waals surface area contributed by atoms with Gasteiger partial charge >= 0.3 is 0 Å². The predicted molar refractivity (Wildman–Crippen MR) is 59.4 cm³/mol. The Morgan fingerprint density at radius 2 is 2.18 bits per heavy atom. The van der Waals surface area contributed by atoms with E-state index in [-0.39, 0.29) is 0 Å². The van der Waals surface area contributed by atoms with Crippen LogP contribution < -0.4 is 0 Å². The van der Waals surface area contributed by atoms with Crippen LogP contribution in [0.5, 0.6) is 0 Å². The molecule has 0 amide bonds. The average Bonchev–Trinajstić information content (AvgIpc) is 2.97. The number of rotatable bonds is 3. The predicted octanol–water partition coefficient (Wildman–Crippen LogP) is 1.15. The van der Waals surface area contributed by atoms with Crippen LogP contribution in [0.25, 0.3) is 0 Å². The molecule has 0 fully saturated rings. The van der Waals surface area contributed by atoms with Crippen LogP contribution in [0.1, 0.15) is 42.6 Å². The maximum atomic E-state index is 5.38. The van der Waals surface area contributed by atoms with E-state index in [4.69, 9.17) is 4.52 Å². The Hall–Kier alpha value is -1.72. The molecule has 90 valence electrons. The fourth-order valence-corrected chi connectivity index (χ4v) is 2.31. The molecule has 0 spiro atoms. The van der Waals surface area contributed by atoms with E-state index in [0.29, 0.717) is 6.54 Å². The van der Waals surface area contributed by atoms with E-state index in [1.165, 1.54) is 18.4 Å². The van der Waals surface area contributed by atoms with Crippen molar-refractivity contribution >= 4 is 0 Å². The van der Waals surface area contributed by atoms with Crippen LogP contribution in [-0.2, 0) is 25.8 Å². The lowest BCUT2D eigenvalue weighted by Crippen LogP contribution is -2.10. The molecule has 0 bridgehead atoms. The quantitative estimate of drug-likeness (QED) is 0.795. The molecule has 3 rings (SSSR count). The average molecular weight is 233 g/mol. The van der Waals surface area contributed by atoms with Crippen molar-refractivity contribution in [1.82, 2.24) is 25.4 Å². The monoisotopic (exact) mass is 233 g/mol. The van der Waals surface area contributed by atoms with Crippen LogP contribution in [-0.4, -0.2) is 25.4 Å². The SMILES string of the molecule is CCc1nnnn1Cc1noc2c1CCCC2. The zero-order valence-electron chi connectivity index (χ0n) is 9.89. The number of aromatic nitrogens is 5. The molecule has 17 heavy (non-hydrogen) atoms. The minimum Gasteiger partial charge on any atom is -0.361 e. The molecule has 6 nitrogen and oxygen atoms in total. The van der Waals surface area contributed by atoms with E-state index in [1.807, 2.05) is 6.92 Å². The van der Waals surface area contributed by atoms with Crippen LogP contribution >= 0.6 is 0 Å². The molecule has 0 unspecified atom stereocenters. The highest BCUT2D eigenvalue weighted by Crippen LogP contribution is 2.24. The highest BCUT2D eigenvalue weighted by Gasteiger charge is 2.20. The van der Waals surface area contributed by atoms with Gasteiger partial charge in [0.05, 0.1) is 6.54 Å². The number of fused-ring (bicyclic) bond motifs is 1. The van der Waals surface area contributed by atoms with Crippen molar-refractivity contribution in [2.45, 2.75) is 45.6 Å². The van der Waals surface area contributed by atoms with Crippen molar-refractivity contribution in [2.75, 3.05) is 0 Å². The molecule has 0 N–H and O–H groups in total. The van der Waals surface area contributed by atoms with Gasteiger partial charge in [-0.1, -0.05) is 12.1 Å². The highest BCUT2D eigenvalue weighted by atomic mass is 16.5. The number of nitrogens with zero attached hydrogens (tertiary/aromatic N) is 5. The third-order valence-corrected chi connectivity index (χ3v) is 3.25. The van der Waals surface area contributed by atoms with Crippen molar-refractivity contribution in [1.29, 1.82) is 0 Å². The van der Waals surface area contributed by atoms with Crippen molar-refractivity contribution in [2.24, 2.45) is 0 Å². The molecule has 1 aliphatic carbocycles. The molecule has 2 aromatic rings. The lowest BCUT2D eigenvalue weighted by molar-refractivity contribution is 0.366. The molecule has 6 heteroatoms. The van der Waals surface area contributed by atoms with Crippen LogP contribution in [0.2, 0.25) is 0 Å². The first-order chi connectivity index (χ1) is 8.38. The normalized spacial score (nSPS) is 14.9. The van der Waals surface area contributed by atoms with Gasteiger partial charge < -0.3 is 4.52 Å². The standard InChI is InChI=1S/C11H15N5O/c1-2-11-12-14-15-16(11)7-9-8-5-3-4-6-10(8)17-13-9/h2-7H2,1H3. The third kappa shape index (κ3) is 1.83. The van der Waals surface area contributed by atoms with Gasteiger partial charge in [0.1, 0.15) is 11.5 Å². The van der Waals surface area contributed by atoms with E-state index in [9.17, 15) is 0 Å². The molecule has 0 aromatic carbocycles. The van der Waals surface area contributed by atoms with Crippen LogP contribution in [0, 0.1) is 0 Å². The summed E-state index contributed by atoms with van der Waals surface area (Å²) in [6, 6.07) is 0. The summed E-state index contributed by atoms with van der Waals surface area (Å²) in [7, 11) is 0. The largest absolute Gasteiger partial charge is 0.361 e. The summed E-state index contributed by atoms with van der Waals surface area (Å²) in [5, 5.41) is 15.8. The number of hydrogen-bond acceptors (Lipinski definition) is 5. The highest BCUT2D eigenvalue weighted by molar-refractivity contribution is 5.25. The Balaban J connectivity index is 1.88. The smallest absolute Gasteiger partial charge is 0.151 e. The molecule has 0 radical (unpaired) electrons. The van der Waals surface area contributed by atoms with Crippen molar-refractivity contribution in [3.05, 3.63) is 22.8 Å². The van der Waals surface area contributed by atoms with Gasteiger partial charge in [-0.25, -0.2) is 4.68 Å². The molecule has 1 aliphatic rings. The van der Waals surface area contributed by atoms with E-state index in [2.05, 4.69) is 20.7 Å². The van der Waals surface area contributed by atoms with Gasteiger partial charge in [-0.2, -0.15) is 0 Å². The maximum absolute atomic E-state index is 5.38. The van der Waals surface area contributed by atoms with Crippen molar-refractivity contribution < 1.29 is 4.52 Å². The Morgan fingerprint density at radius 3 is 3.06 bits per heavy atom. The first-order valence-electron chi connectivity index (χ1n) is 6.10. The molecular formula is C11H15N5O. The summed E-state index contributed by atoms with van der Waals surface area (Å²) in [6.45, 7) is 2.66. The van der Waals surface area contributed by atoms with E-state index in [1.54, 1.807) is 4.68 Å². The Bertz CT molecular complexity index is 516. The summed E-state index contributed by atoms with van der Waals surface area (Å²) >= 11 is 0. The lowest BCUT2D eigenvalue weighted by atomic mass is 9.96. The Morgan fingerprint density at radius 1 is 1.29 bits per heavy atom. The third-order valence-electron chi connectivity index (χ3n) is 3.25. The summed E-state index contributed by atoms with van der Waals surface area (Å²) in [4.78, 5) is 0. The summed E-state index contributed by atoms with van der Waals surface area (Å²) < 4.78 is 7.18. The van der Waals surface area contributed by atoms with Gasteiger partial charge in [0, 0.05) is 18.4 Å². The molecular weight excluding hydrogens is 218 g/mol. The minimum atomic E-state index is 0.620. The summed E-state index contributed by atoms with van der Waals surface area (Å²) in [5.41, 5.74) is 2.26. The second-order valence-corrected chi connectivity index (χ2v) is 4.34. The fraction of sp³-hybridized carbons (Fsp3) is 0.636. The maximum Gasteiger partial charge on any atom is 0.151 e. The van der Waals surface area contributed by atoms with Gasteiger partial charge in [0.25, 0.3) is 0 Å². The van der Waals surface area contributed by atoms with Crippen LogP contribution in [0.4, 0.5) is 0 Å². The van der Waals surface area contributed by atoms with E-state index < -0.39 is 0 Å². The lowest BCUT2D eigenvalue weighted by Gasteiger charge is -2.09. The summed E-state index contributed by atoms with van der Waals surface area (Å²) in [5.74, 6) is 1.94. The topological polar surface area (TPSA) is 69.6 Å². The van der Waals surface area contributed by atoms with Crippen LogP contribution in [0.15, 0.2) is 4.52 Å². The first-order valence-corrected chi connectivity index (χ1v) is 6.10. The molecule has 2 heterocycles. The Kier molecular flexibility index (Phi) is 2.62. The molecule has 0 saturated heterocycles. The van der Waals surface area contributed by atoms with Crippen LogP contribution in [0.3, 0.4) is 0 Å². The van der Waals surface area contributed by atoms with Crippen molar-refractivity contribution in [3.63, 3.8) is 0 Å².